The summed E-state index contributed by atoms with van der Waals surface area (Å²) in [5.41, 5.74) is 5.24. The lowest BCUT2D eigenvalue weighted by Crippen LogP contribution is -2.30. The fraction of sp³-hybridized carbons (Fsp3) is 0.0714. The van der Waals surface area contributed by atoms with Gasteiger partial charge >= 0.3 is 0 Å². The van der Waals surface area contributed by atoms with Gasteiger partial charge in [-0.3, -0.25) is 15.1 Å². The van der Waals surface area contributed by atoms with Crippen LogP contribution in [0.4, 0.5) is 17.1 Å². The fourth-order valence-corrected chi connectivity index (χ4v) is 2.28. The highest BCUT2D eigenvalue weighted by molar-refractivity contribution is 5.78. The Morgan fingerprint density at radius 2 is 1.95 bits per heavy atom. The number of anilines is 2. The molecule has 0 fully saturated rings. The van der Waals surface area contributed by atoms with Crippen LogP contribution < -0.4 is 10.4 Å². The number of nitro benzene ring substituents is 1. The third kappa shape index (κ3) is 1.92. The molecule has 100 valence electrons. The lowest BCUT2D eigenvalue weighted by molar-refractivity contribution is -0.384. The van der Waals surface area contributed by atoms with Gasteiger partial charge in [-0.05, 0) is 18.2 Å². The van der Waals surface area contributed by atoms with Gasteiger partial charge in [0, 0.05) is 17.7 Å². The summed E-state index contributed by atoms with van der Waals surface area (Å²) < 4.78 is 0. The van der Waals surface area contributed by atoms with Gasteiger partial charge in [0.2, 0.25) is 0 Å². The topological polar surface area (TPSA) is 75.5 Å². The van der Waals surface area contributed by atoms with Gasteiger partial charge < -0.3 is 4.79 Å². The molecule has 0 bridgehead atoms. The van der Waals surface area contributed by atoms with Gasteiger partial charge in [0.15, 0.2) is 0 Å². The number of nitrogens with zero attached hydrogens (tertiary/aromatic N) is 2. The molecule has 0 aromatic heterocycles. The first kappa shape index (κ1) is 12.3. The molecular formula is C14H11N3O3. The van der Waals surface area contributed by atoms with Crippen molar-refractivity contribution >= 4 is 23.3 Å². The smallest absolute Gasteiger partial charge is 0.269 e. The molecule has 2 aromatic carbocycles. The average Bonchev–Trinajstić information content (AvgIpc) is 2.86. The van der Waals surface area contributed by atoms with Crippen molar-refractivity contribution in [3.63, 3.8) is 0 Å². The molecule has 1 aliphatic rings. The highest BCUT2D eigenvalue weighted by atomic mass is 16.6. The molecule has 0 saturated carbocycles. The lowest BCUT2D eigenvalue weighted by Gasteiger charge is -2.19. The van der Waals surface area contributed by atoms with Gasteiger partial charge in [0.05, 0.1) is 16.3 Å². The van der Waals surface area contributed by atoms with Crippen molar-refractivity contribution in [2.75, 3.05) is 5.01 Å². The fourth-order valence-electron chi connectivity index (χ4n) is 2.28. The molecule has 0 saturated heterocycles. The maximum absolute atomic E-state index is 11.2. The quantitative estimate of drug-likeness (QED) is 0.526. The second-order valence-corrected chi connectivity index (χ2v) is 4.41. The van der Waals surface area contributed by atoms with Gasteiger partial charge in [0.25, 0.3) is 5.69 Å². The van der Waals surface area contributed by atoms with Crippen molar-refractivity contribution in [3.8, 4) is 0 Å². The van der Waals surface area contributed by atoms with E-state index in [1.54, 1.807) is 11.1 Å². The van der Waals surface area contributed by atoms with Crippen LogP contribution in [0.15, 0.2) is 48.5 Å². The van der Waals surface area contributed by atoms with Gasteiger partial charge in [-0.1, -0.05) is 18.2 Å². The van der Waals surface area contributed by atoms with Crippen molar-refractivity contribution in [2.24, 2.45) is 0 Å². The number of rotatable bonds is 3. The third-order valence-electron chi connectivity index (χ3n) is 3.22. The number of hydrazine groups is 1. The molecule has 3 rings (SSSR count). The summed E-state index contributed by atoms with van der Waals surface area (Å²) in [5, 5.41) is 12.6. The van der Waals surface area contributed by atoms with Gasteiger partial charge in [-0.25, -0.2) is 5.43 Å². The SMILES string of the molecule is O=CC1NN(c2ccccc2)c2ccc([N+](=O)[O-])cc21. The number of hydrogen-bond donors (Lipinski definition) is 1. The first-order valence-corrected chi connectivity index (χ1v) is 6.05. The molecule has 1 aliphatic heterocycles. The monoisotopic (exact) mass is 269 g/mol. The van der Waals surface area contributed by atoms with Crippen molar-refractivity contribution < 1.29 is 9.72 Å². The second-order valence-electron chi connectivity index (χ2n) is 4.41. The highest BCUT2D eigenvalue weighted by Crippen LogP contribution is 2.38. The zero-order valence-electron chi connectivity index (χ0n) is 10.4. The van der Waals surface area contributed by atoms with Crippen LogP contribution in [-0.2, 0) is 4.79 Å². The molecule has 20 heavy (non-hydrogen) atoms. The van der Waals surface area contributed by atoms with E-state index in [-0.39, 0.29) is 5.69 Å². The van der Waals surface area contributed by atoms with Crippen LogP contribution in [0.1, 0.15) is 11.6 Å². The summed E-state index contributed by atoms with van der Waals surface area (Å²) in [7, 11) is 0. The van der Waals surface area contributed by atoms with Crippen LogP contribution in [-0.4, -0.2) is 11.2 Å². The predicted octanol–water partition coefficient (Wildman–Crippen LogP) is 2.49. The van der Waals surface area contributed by atoms with Crippen LogP contribution in [0.25, 0.3) is 0 Å². The molecule has 6 heteroatoms. The van der Waals surface area contributed by atoms with E-state index in [4.69, 9.17) is 0 Å². The Kier molecular flexibility index (Phi) is 2.92. The van der Waals surface area contributed by atoms with Crippen molar-refractivity contribution in [3.05, 3.63) is 64.2 Å². The highest BCUT2D eigenvalue weighted by Gasteiger charge is 2.30. The standard InChI is InChI=1S/C14H11N3O3/c18-9-13-12-8-11(17(19)20)6-7-14(12)16(15-13)10-4-2-1-3-5-10/h1-9,13,15H. The normalized spacial score (nSPS) is 16.8. The number of benzene rings is 2. The Balaban J connectivity index is 2.09. The van der Waals surface area contributed by atoms with E-state index < -0.39 is 11.0 Å². The van der Waals surface area contributed by atoms with Crippen LogP contribution in [0, 0.1) is 10.1 Å². The summed E-state index contributed by atoms with van der Waals surface area (Å²) in [5.74, 6) is 0. The number of carbonyl (C=O) groups excluding carboxylic acids is 1. The minimum Gasteiger partial charge on any atom is -0.301 e. The molecule has 2 aromatic rings. The first-order chi connectivity index (χ1) is 9.70. The van der Waals surface area contributed by atoms with E-state index >= 15 is 0 Å². The number of nitrogens with one attached hydrogen (secondary N) is 1. The van der Waals surface area contributed by atoms with Gasteiger partial charge in [-0.2, -0.15) is 0 Å². The summed E-state index contributed by atoms with van der Waals surface area (Å²) in [6.07, 6.45) is 0.742. The number of para-hydroxylation sites is 1. The Hall–Kier alpha value is -2.73. The molecule has 6 nitrogen and oxygen atoms in total. The zero-order valence-corrected chi connectivity index (χ0v) is 10.4. The van der Waals surface area contributed by atoms with Crippen molar-refractivity contribution in [1.82, 2.24) is 5.43 Å². The molecule has 0 aliphatic carbocycles. The number of hydrogen-bond acceptors (Lipinski definition) is 5. The second kappa shape index (κ2) is 4.75. The number of aldehydes is 1. The van der Waals surface area contributed by atoms with Crippen molar-refractivity contribution in [1.29, 1.82) is 0 Å². The predicted molar refractivity (Wildman–Crippen MR) is 73.6 cm³/mol. The summed E-state index contributed by atoms with van der Waals surface area (Å²) in [6.45, 7) is 0. The Labute approximate surface area is 114 Å². The average molecular weight is 269 g/mol. The van der Waals surface area contributed by atoms with Crippen LogP contribution in [0.2, 0.25) is 0 Å². The van der Waals surface area contributed by atoms with E-state index in [2.05, 4.69) is 5.43 Å². The van der Waals surface area contributed by atoms with E-state index in [0.717, 1.165) is 17.7 Å². The van der Waals surface area contributed by atoms with E-state index in [9.17, 15) is 14.9 Å². The number of fused-ring (bicyclic) bond motifs is 1. The number of nitro groups is 1. The number of non-ortho nitro benzene ring substituents is 1. The summed E-state index contributed by atoms with van der Waals surface area (Å²) in [6, 6.07) is 13.4. The largest absolute Gasteiger partial charge is 0.301 e. The minimum absolute atomic E-state index is 0.0210. The van der Waals surface area contributed by atoms with E-state index in [1.165, 1.54) is 12.1 Å². The molecular weight excluding hydrogens is 258 g/mol. The Bertz CT molecular complexity index is 673. The molecule has 1 atom stereocenters. The van der Waals surface area contributed by atoms with Crippen LogP contribution >= 0.6 is 0 Å². The maximum Gasteiger partial charge on any atom is 0.269 e. The summed E-state index contributed by atoms with van der Waals surface area (Å²) in [4.78, 5) is 21.5. The third-order valence-corrected chi connectivity index (χ3v) is 3.22. The van der Waals surface area contributed by atoms with E-state index in [0.29, 0.717) is 5.56 Å². The first-order valence-electron chi connectivity index (χ1n) is 6.05. The molecule has 1 unspecified atom stereocenters. The molecule has 1 N–H and O–H groups in total. The summed E-state index contributed by atoms with van der Waals surface area (Å²) >= 11 is 0. The Morgan fingerprint density at radius 3 is 2.60 bits per heavy atom. The van der Waals surface area contributed by atoms with Gasteiger partial charge in [-0.15, -0.1) is 0 Å². The molecule has 0 radical (unpaired) electrons. The van der Waals surface area contributed by atoms with Gasteiger partial charge in [0.1, 0.15) is 12.3 Å². The van der Waals surface area contributed by atoms with E-state index in [1.807, 2.05) is 30.3 Å². The maximum atomic E-state index is 11.2. The number of carbonyl (C=O) groups is 1. The van der Waals surface area contributed by atoms with Crippen LogP contribution in [0.3, 0.4) is 0 Å². The Morgan fingerprint density at radius 1 is 1.20 bits per heavy atom. The molecule has 1 heterocycles. The zero-order chi connectivity index (χ0) is 14.1. The molecule has 0 amide bonds. The molecule has 0 spiro atoms. The van der Waals surface area contributed by atoms with Crippen LogP contribution in [0.5, 0.6) is 0 Å². The lowest BCUT2D eigenvalue weighted by atomic mass is 10.1. The van der Waals surface area contributed by atoms with Crippen molar-refractivity contribution in [2.45, 2.75) is 6.04 Å². The minimum atomic E-state index is -0.579.